The highest BCUT2D eigenvalue weighted by atomic mass is 19.4. The maximum absolute atomic E-state index is 12.5. The molecule has 0 aliphatic rings. The number of rotatable bonds is 4. The zero-order chi connectivity index (χ0) is 13.9. The van der Waals surface area contributed by atoms with Crippen molar-refractivity contribution >= 4 is 6.29 Å². The number of alkyl halides is 5. The van der Waals surface area contributed by atoms with Gasteiger partial charge in [-0.25, -0.2) is 13.8 Å². The van der Waals surface area contributed by atoms with E-state index in [0.717, 1.165) is 0 Å². The smallest absolute Gasteiger partial charge is 0.388 e. The van der Waals surface area contributed by atoms with Gasteiger partial charge in [-0.05, 0) is 6.07 Å². The van der Waals surface area contributed by atoms with E-state index in [0.29, 0.717) is 6.07 Å². The molecule has 0 aliphatic carbocycles. The van der Waals surface area contributed by atoms with Crippen LogP contribution in [0.3, 0.4) is 0 Å². The number of nitrogens with two attached hydrogens (primary N) is 1. The summed E-state index contributed by atoms with van der Waals surface area (Å²) < 4.78 is 64.5. The summed E-state index contributed by atoms with van der Waals surface area (Å²) in [6.07, 6.45) is -8.18. The van der Waals surface area contributed by atoms with Crippen molar-refractivity contribution in [3.63, 3.8) is 0 Å². The van der Waals surface area contributed by atoms with E-state index in [1.807, 2.05) is 0 Å². The summed E-state index contributed by atoms with van der Waals surface area (Å²) in [5.41, 5.74) is 3.13. The number of hydrogen-bond acceptors (Lipinski definition) is 4. The Labute approximate surface area is 97.6 Å². The predicted octanol–water partition coefficient (Wildman–Crippen LogP) is 2.19. The fourth-order valence-corrected chi connectivity index (χ4v) is 1.18. The van der Waals surface area contributed by atoms with E-state index in [-0.39, 0.29) is 11.8 Å². The van der Waals surface area contributed by atoms with E-state index in [9.17, 15) is 26.7 Å². The molecule has 0 unspecified atom stereocenters. The largest absolute Gasteiger partial charge is 0.574 e. The van der Waals surface area contributed by atoms with Crippen LogP contribution in [0.25, 0.3) is 0 Å². The molecule has 0 aliphatic heterocycles. The lowest BCUT2D eigenvalue weighted by Crippen LogP contribution is -2.20. The van der Waals surface area contributed by atoms with Gasteiger partial charge in [0.05, 0.1) is 0 Å². The predicted molar refractivity (Wildman–Crippen MR) is 49.2 cm³/mol. The van der Waals surface area contributed by atoms with Gasteiger partial charge in [-0.15, -0.1) is 13.2 Å². The van der Waals surface area contributed by atoms with Gasteiger partial charge in [-0.3, -0.25) is 4.79 Å². The SMILES string of the molecule is NCc1cc(C(F)F)c(C=O)nc1OC(F)(F)F. The molecule has 9 heteroatoms. The van der Waals surface area contributed by atoms with Gasteiger partial charge in [0.15, 0.2) is 6.29 Å². The monoisotopic (exact) mass is 270 g/mol. The zero-order valence-electron chi connectivity index (χ0n) is 8.67. The maximum atomic E-state index is 12.5. The Balaban J connectivity index is 3.30. The molecule has 18 heavy (non-hydrogen) atoms. The molecule has 1 rings (SSSR count). The number of nitrogens with zero attached hydrogens (tertiary/aromatic N) is 1. The third kappa shape index (κ3) is 3.36. The minimum atomic E-state index is -5.05. The Morgan fingerprint density at radius 3 is 2.44 bits per heavy atom. The molecule has 0 bridgehead atoms. The molecule has 0 atom stereocenters. The van der Waals surface area contributed by atoms with E-state index >= 15 is 0 Å². The Morgan fingerprint density at radius 1 is 1.44 bits per heavy atom. The molecule has 100 valence electrons. The van der Waals surface area contributed by atoms with E-state index in [1.165, 1.54) is 0 Å². The van der Waals surface area contributed by atoms with Crippen molar-refractivity contribution in [3.8, 4) is 5.88 Å². The number of hydrogen-bond donors (Lipinski definition) is 1. The fraction of sp³-hybridized carbons (Fsp3) is 0.333. The molecular formula is C9H7F5N2O2. The molecule has 0 saturated heterocycles. The minimum Gasteiger partial charge on any atom is -0.388 e. The molecule has 1 aromatic rings. The molecule has 0 amide bonds. The lowest BCUT2D eigenvalue weighted by molar-refractivity contribution is -0.276. The van der Waals surface area contributed by atoms with Gasteiger partial charge in [0, 0.05) is 17.7 Å². The van der Waals surface area contributed by atoms with Gasteiger partial charge >= 0.3 is 6.36 Å². The highest BCUT2D eigenvalue weighted by molar-refractivity contribution is 5.75. The van der Waals surface area contributed by atoms with E-state index < -0.39 is 36.5 Å². The van der Waals surface area contributed by atoms with Gasteiger partial charge in [-0.2, -0.15) is 0 Å². The van der Waals surface area contributed by atoms with Gasteiger partial charge in [0.2, 0.25) is 5.88 Å². The van der Waals surface area contributed by atoms with Gasteiger partial charge < -0.3 is 10.5 Å². The number of carbonyl (C=O) groups excluding carboxylic acids is 1. The summed E-state index contributed by atoms with van der Waals surface area (Å²) >= 11 is 0. The number of ether oxygens (including phenoxy) is 1. The van der Waals surface area contributed by atoms with Crippen LogP contribution in [0.2, 0.25) is 0 Å². The first-order valence-corrected chi connectivity index (χ1v) is 4.51. The molecule has 0 fully saturated rings. The van der Waals surface area contributed by atoms with Crippen molar-refractivity contribution in [2.45, 2.75) is 19.3 Å². The lowest BCUT2D eigenvalue weighted by atomic mass is 10.1. The molecule has 0 radical (unpaired) electrons. The van der Waals surface area contributed by atoms with Crippen molar-refractivity contribution in [3.05, 3.63) is 22.9 Å². The van der Waals surface area contributed by atoms with Crippen LogP contribution < -0.4 is 10.5 Å². The van der Waals surface area contributed by atoms with E-state index in [1.54, 1.807) is 0 Å². The van der Waals surface area contributed by atoms with E-state index in [4.69, 9.17) is 5.73 Å². The van der Waals surface area contributed by atoms with Crippen molar-refractivity contribution in [2.75, 3.05) is 0 Å². The average molecular weight is 270 g/mol. The standard InChI is InChI=1S/C9H7F5N2O2/c10-7(11)5-1-4(2-15)8(16-6(5)3-17)18-9(12,13)14/h1,3,7H,2,15H2. The third-order valence-electron chi connectivity index (χ3n) is 1.90. The minimum absolute atomic E-state index is 0.0783. The van der Waals surface area contributed by atoms with Crippen molar-refractivity contribution in [1.29, 1.82) is 0 Å². The third-order valence-corrected chi connectivity index (χ3v) is 1.90. The summed E-state index contributed by atoms with van der Waals surface area (Å²) in [4.78, 5) is 13.6. The Morgan fingerprint density at radius 2 is 2.06 bits per heavy atom. The quantitative estimate of drug-likeness (QED) is 0.672. The Kier molecular flexibility index (Phi) is 4.17. The zero-order valence-corrected chi connectivity index (χ0v) is 8.67. The van der Waals surface area contributed by atoms with Crippen LogP contribution in [-0.2, 0) is 6.54 Å². The van der Waals surface area contributed by atoms with Crippen LogP contribution in [0, 0.1) is 0 Å². The number of carbonyl (C=O) groups is 1. The molecule has 4 nitrogen and oxygen atoms in total. The van der Waals surface area contributed by atoms with Crippen LogP contribution in [0.4, 0.5) is 22.0 Å². The van der Waals surface area contributed by atoms with Crippen LogP contribution in [0.15, 0.2) is 6.07 Å². The lowest BCUT2D eigenvalue weighted by Gasteiger charge is -2.13. The summed E-state index contributed by atoms with van der Waals surface area (Å²) in [6, 6.07) is 0.669. The van der Waals surface area contributed by atoms with Crippen LogP contribution in [0.1, 0.15) is 28.0 Å². The van der Waals surface area contributed by atoms with Crippen LogP contribution in [-0.4, -0.2) is 17.6 Å². The van der Waals surface area contributed by atoms with Gasteiger partial charge in [-0.1, -0.05) is 0 Å². The average Bonchev–Trinajstić information content (AvgIpc) is 2.25. The number of aldehydes is 1. The first kappa shape index (κ1) is 14.3. The molecule has 0 spiro atoms. The van der Waals surface area contributed by atoms with Crippen LogP contribution >= 0.6 is 0 Å². The van der Waals surface area contributed by atoms with Crippen molar-refractivity contribution < 1.29 is 31.5 Å². The highest BCUT2D eigenvalue weighted by Crippen LogP contribution is 2.29. The first-order chi connectivity index (χ1) is 8.28. The Bertz CT molecular complexity index is 447. The summed E-state index contributed by atoms with van der Waals surface area (Å²) in [5, 5.41) is 0. The van der Waals surface area contributed by atoms with Gasteiger partial charge in [0.25, 0.3) is 6.43 Å². The Hall–Kier alpha value is -1.77. The first-order valence-electron chi connectivity index (χ1n) is 4.51. The molecular weight excluding hydrogens is 263 g/mol. The van der Waals surface area contributed by atoms with Crippen molar-refractivity contribution in [2.24, 2.45) is 5.73 Å². The molecule has 1 aromatic heterocycles. The highest BCUT2D eigenvalue weighted by Gasteiger charge is 2.33. The normalized spacial score (nSPS) is 11.7. The molecule has 0 aromatic carbocycles. The second kappa shape index (κ2) is 5.25. The number of halogens is 5. The molecule has 2 N–H and O–H groups in total. The number of pyridine rings is 1. The maximum Gasteiger partial charge on any atom is 0.574 e. The van der Waals surface area contributed by atoms with Gasteiger partial charge in [0.1, 0.15) is 5.69 Å². The fourth-order valence-electron chi connectivity index (χ4n) is 1.18. The summed E-state index contributed by atoms with van der Waals surface area (Å²) in [7, 11) is 0. The van der Waals surface area contributed by atoms with E-state index in [2.05, 4.69) is 9.72 Å². The summed E-state index contributed by atoms with van der Waals surface area (Å²) in [6.45, 7) is -0.489. The second-order valence-corrected chi connectivity index (χ2v) is 3.10. The second-order valence-electron chi connectivity index (χ2n) is 3.10. The van der Waals surface area contributed by atoms with Crippen LogP contribution in [0.5, 0.6) is 5.88 Å². The molecule has 1 heterocycles. The molecule has 0 saturated carbocycles. The summed E-state index contributed by atoms with van der Waals surface area (Å²) in [5.74, 6) is -1.00. The van der Waals surface area contributed by atoms with Crippen molar-refractivity contribution in [1.82, 2.24) is 4.98 Å². The topological polar surface area (TPSA) is 65.2 Å². The number of aromatic nitrogens is 1.